The Morgan fingerprint density at radius 1 is 1.15 bits per heavy atom. The fourth-order valence-electron chi connectivity index (χ4n) is 3.48. The molecule has 0 fully saturated rings. The van der Waals surface area contributed by atoms with Gasteiger partial charge in [-0.3, -0.25) is 4.90 Å². The zero-order chi connectivity index (χ0) is 14.6. The molecule has 2 nitrogen and oxygen atoms in total. The molecule has 0 bridgehead atoms. The van der Waals surface area contributed by atoms with E-state index in [1.54, 1.807) is 0 Å². The predicted molar refractivity (Wildman–Crippen MR) is 86.9 cm³/mol. The third kappa shape index (κ3) is 3.07. The summed E-state index contributed by atoms with van der Waals surface area (Å²) in [5.41, 5.74) is 9.32. The number of fused-ring (bicyclic) bond motifs is 1. The van der Waals surface area contributed by atoms with Crippen LogP contribution in [0.2, 0.25) is 0 Å². The van der Waals surface area contributed by atoms with Gasteiger partial charge in [0, 0.05) is 6.04 Å². The molecule has 0 radical (unpaired) electrons. The van der Waals surface area contributed by atoms with E-state index in [9.17, 15) is 0 Å². The van der Waals surface area contributed by atoms with Gasteiger partial charge in [0.1, 0.15) is 0 Å². The molecule has 2 heteroatoms. The molecular formula is C18H30N2. The molecule has 2 rings (SSSR count). The van der Waals surface area contributed by atoms with Crippen molar-refractivity contribution in [2.24, 2.45) is 5.73 Å². The summed E-state index contributed by atoms with van der Waals surface area (Å²) in [7, 11) is 0. The molecule has 112 valence electrons. The van der Waals surface area contributed by atoms with Crippen LogP contribution in [0.1, 0.15) is 57.6 Å². The Hall–Kier alpha value is -0.860. The van der Waals surface area contributed by atoms with Crippen LogP contribution >= 0.6 is 0 Å². The molecule has 0 aliphatic heterocycles. The molecule has 1 aromatic rings. The SMILES string of the molecule is CCCCN(CCCC)C1Cc2ccccc2C1(C)N. The number of nitrogens with zero attached hydrogens (tertiary/aromatic N) is 1. The third-order valence-corrected chi connectivity index (χ3v) is 4.74. The zero-order valence-corrected chi connectivity index (χ0v) is 13.4. The minimum atomic E-state index is -0.210. The number of nitrogens with two attached hydrogens (primary N) is 1. The van der Waals surface area contributed by atoms with Crippen molar-refractivity contribution in [3.05, 3.63) is 35.4 Å². The van der Waals surface area contributed by atoms with Crippen molar-refractivity contribution in [2.45, 2.75) is 64.5 Å². The second-order valence-electron chi connectivity index (χ2n) is 6.40. The van der Waals surface area contributed by atoms with Crippen LogP contribution in [0.15, 0.2) is 24.3 Å². The zero-order valence-electron chi connectivity index (χ0n) is 13.4. The second kappa shape index (κ2) is 6.73. The lowest BCUT2D eigenvalue weighted by Gasteiger charge is -2.38. The van der Waals surface area contributed by atoms with Gasteiger partial charge in [0.15, 0.2) is 0 Å². The van der Waals surface area contributed by atoms with E-state index in [2.05, 4.69) is 49.9 Å². The van der Waals surface area contributed by atoms with Crippen LogP contribution in [0, 0.1) is 0 Å². The smallest absolute Gasteiger partial charge is 0.0544 e. The summed E-state index contributed by atoms with van der Waals surface area (Å²) >= 11 is 0. The number of hydrogen-bond donors (Lipinski definition) is 1. The fraction of sp³-hybridized carbons (Fsp3) is 0.667. The highest BCUT2D eigenvalue weighted by molar-refractivity contribution is 5.40. The van der Waals surface area contributed by atoms with Crippen molar-refractivity contribution in [1.29, 1.82) is 0 Å². The number of unbranched alkanes of at least 4 members (excludes halogenated alkanes) is 2. The Balaban J connectivity index is 2.17. The maximum Gasteiger partial charge on any atom is 0.0544 e. The summed E-state index contributed by atoms with van der Waals surface area (Å²) < 4.78 is 0. The van der Waals surface area contributed by atoms with Crippen molar-refractivity contribution < 1.29 is 0 Å². The highest BCUT2D eigenvalue weighted by Gasteiger charge is 2.42. The molecule has 2 N–H and O–H groups in total. The van der Waals surface area contributed by atoms with Gasteiger partial charge in [0.2, 0.25) is 0 Å². The first-order valence-corrected chi connectivity index (χ1v) is 8.22. The minimum absolute atomic E-state index is 0.210. The summed E-state index contributed by atoms with van der Waals surface area (Å²) in [5.74, 6) is 0. The minimum Gasteiger partial charge on any atom is -0.320 e. The van der Waals surface area contributed by atoms with Gasteiger partial charge >= 0.3 is 0 Å². The normalized spacial score (nSPS) is 25.1. The van der Waals surface area contributed by atoms with E-state index in [-0.39, 0.29) is 5.54 Å². The first-order valence-electron chi connectivity index (χ1n) is 8.22. The number of benzene rings is 1. The predicted octanol–water partition coefficient (Wildman–Crippen LogP) is 3.69. The van der Waals surface area contributed by atoms with Gasteiger partial charge < -0.3 is 5.73 Å². The van der Waals surface area contributed by atoms with E-state index in [0.717, 1.165) is 6.42 Å². The lowest BCUT2D eigenvalue weighted by atomic mass is 9.90. The summed E-state index contributed by atoms with van der Waals surface area (Å²) in [5, 5.41) is 0. The van der Waals surface area contributed by atoms with Crippen LogP contribution < -0.4 is 5.73 Å². The molecule has 20 heavy (non-hydrogen) atoms. The Kier molecular flexibility index (Phi) is 5.22. The van der Waals surface area contributed by atoms with Crippen LogP contribution in [-0.2, 0) is 12.0 Å². The first-order chi connectivity index (χ1) is 9.61. The van der Waals surface area contributed by atoms with Crippen LogP contribution in [0.4, 0.5) is 0 Å². The van der Waals surface area contributed by atoms with Crippen molar-refractivity contribution in [1.82, 2.24) is 4.90 Å². The van der Waals surface area contributed by atoms with Crippen LogP contribution in [-0.4, -0.2) is 24.0 Å². The van der Waals surface area contributed by atoms with Crippen molar-refractivity contribution in [3.8, 4) is 0 Å². The van der Waals surface area contributed by atoms with Gasteiger partial charge in [-0.15, -0.1) is 0 Å². The van der Waals surface area contributed by atoms with Gasteiger partial charge in [-0.1, -0.05) is 51.0 Å². The van der Waals surface area contributed by atoms with E-state index in [0.29, 0.717) is 6.04 Å². The highest BCUT2D eigenvalue weighted by atomic mass is 15.2. The topological polar surface area (TPSA) is 29.3 Å². The molecule has 0 saturated carbocycles. The number of rotatable bonds is 7. The van der Waals surface area contributed by atoms with E-state index in [4.69, 9.17) is 5.73 Å². The third-order valence-electron chi connectivity index (χ3n) is 4.74. The summed E-state index contributed by atoms with van der Waals surface area (Å²) in [6.45, 7) is 9.12. The molecule has 1 aliphatic carbocycles. The number of hydrogen-bond acceptors (Lipinski definition) is 2. The second-order valence-corrected chi connectivity index (χ2v) is 6.40. The Morgan fingerprint density at radius 2 is 1.75 bits per heavy atom. The van der Waals surface area contributed by atoms with E-state index in [1.807, 2.05) is 0 Å². The molecular weight excluding hydrogens is 244 g/mol. The molecule has 0 saturated heterocycles. The Morgan fingerprint density at radius 3 is 2.30 bits per heavy atom. The standard InChI is InChI=1S/C18H30N2/c1-4-6-12-20(13-7-5-2)17-14-15-10-8-9-11-16(15)18(17,3)19/h8-11,17H,4-7,12-14,19H2,1-3H3. The monoisotopic (exact) mass is 274 g/mol. The lowest BCUT2D eigenvalue weighted by molar-refractivity contribution is 0.135. The van der Waals surface area contributed by atoms with Crippen LogP contribution in [0.3, 0.4) is 0 Å². The van der Waals surface area contributed by atoms with Gasteiger partial charge in [0.05, 0.1) is 5.54 Å². The van der Waals surface area contributed by atoms with Crippen LogP contribution in [0.5, 0.6) is 0 Å². The average Bonchev–Trinajstić information content (AvgIpc) is 2.72. The summed E-state index contributed by atoms with van der Waals surface area (Å²) in [6, 6.07) is 9.18. The van der Waals surface area contributed by atoms with Gasteiger partial charge in [-0.2, -0.15) is 0 Å². The Bertz CT molecular complexity index is 417. The molecule has 0 amide bonds. The van der Waals surface area contributed by atoms with E-state index >= 15 is 0 Å². The molecule has 1 aliphatic rings. The van der Waals surface area contributed by atoms with E-state index in [1.165, 1.54) is 49.9 Å². The van der Waals surface area contributed by atoms with Gasteiger partial charge in [-0.25, -0.2) is 0 Å². The lowest BCUT2D eigenvalue weighted by Crippen LogP contribution is -2.52. The fourth-order valence-corrected chi connectivity index (χ4v) is 3.48. The molecule has 1 aromatic carbocycles. The summed E-state index contributed by atoms with van der Waals surface area (Å²) in [6.07, 6.45) is 6.16. The molecule has 0 aromatic heterocycles. The molecule has 2 unspecified atom stereocenters. The van der Waals surface area contributed by atoms with Gasteiger partial charge in [0.25, 0.3) is 0 Å². The Labute approximate surface area is 124 Å². The van der Waals surface area contributed by atoms with E-state index < -0.39 is 0 Å². The quantitative estimate of drug-likeness (QED) is 0.821. The van der Waals surface area contributed by atoms with Crippen molar-refractivity contribution in [2.75, 3.05) is 13.1 Å². The van der Waals surface area contributed by atoms with Crippen molar-refractivity contribution in [3.63, 3.8) is 0 Å². The molecule has 0 heterocycles. The average molecular weight is 274 g/mol. The molecule has 0 spiro atoms. The molecule has 2 atom stereocenters. The maximum atomic E-state index is 6.74. The van der Waals surface area contributed by atoms with Crippen molar-refractivity contribution >= 4 is 0 Å². The van der Waals surface area contributed by atoms with Crippen LogP contribution in [0.25, 0.3) is 0 Å². The largest absolute Gasteiger partial charge is 0.320 e. The summed E-state index contributed by atoms with van der Waals surface area (Å²) in [4.78, 5) is 2.65. The first kappa shape index (κ1) is 15.5. The maximum absolute atomic E-state index is 6.74. The highest BCUT2D eigenvalue weighted by Crippen LogP contribution is 2.37. The van der Waals surface area contributed by atoms with Gasteiger partial charge in [-0.05, 0) is 50.4 Å².